The lowest BCUT2D eigenvalue weighted by molar-refractivity contribution is -0.143. The molecule has 0 aliphatic rings. The number of allylic oxidation sites excluding steroid dienone is 4. The average Bonchev–Trinajstić information content (AvgIpc) is 3.34. The number of carbonyl (C=O) groups excluding carboxylic acids is 2. The Balaban J connectivity index is 3.44. The normalized spacial score (nSPS) is 12.7. The summed E-state index contributed by atoms with van der Waals surface area (Å²) in [4.78, 5) is 24.6. The summed E-state index contributed by atoms with van der Waals surface area (Å²) in [5, 5.41) is 23.3. The van der Waals surface area contributed by atoms with Crippen LogP contribution < -0.4 is 5.32 Å². The third kappa shape index (κ3) is 53.7. The van der Waals surface area contributed by atoms with Crippen molar-refractivity contribution in [3.63, 3.8) is 0 Å². The van der Waals surface area contributed by atoms with Crippen molar-refractivity contribution in [3.05, 3.63) is 24.3 Å². The van der Waals surface area contributed by atoms with Crippen molar-refractivity contribution in [1.82, 2.24) is 5.32 Å². The lowest BCUT2D eigenvalue weighted by Crippen LogP contribution is -2.45. The Morgan fingerprint density at radius 2 is 0.691 bits per heavy atom. The molecular formula is C62H119NO5. The largest absolute Gasteiger partial charge is 0.466 e. The molecular weight excluding hydrogens is 839 g/mol. The monoisotopic (exact) mass is 958 g/mol. The molecule has 2 atom stereocenters. The number of rotatable bonds is 57. The van der Waals surface area contributed by atoms with Crippen molar-refractivity contribution in [3.8, 4) is 0 Å². The highest BCUT2D eigenvalue weighted by Gasteiger charge is 2.20. The van der Waals surface area contributed by atoms with E-state index in [1.54, 1.807) is 0 Å². The Kier molecular flexibility index (Phi) is 56.5. The summed E-state index contributed by atoms with van der Waals surface area (Å²) >= 11 is 0. The zero-order valence-electron chi connectivity index (χ0n) is 45.9. The maximum absolute atomic E-state index is 12.5. The van der Waals surface area contributed by atoms with Gasteiger partial charge in [-0.05, 0) is 77.0 Å². The molecule has 2 unspecified atom stereocenters. The Morgan fingerprint density at radius 1 is 0.397 bits per heavy atom. The molecule has 0 bridgehead atoms. The van der Waals surface area contributed by atoms with Crippen molar-refractivity contribution in [2.75, 3.05) is 13.2 Å². The molecule has 0 heterocycles. The van der Waals surface area contributed by atoms with Crippen molar-refractivity contribution >= 4 is 11.9 Å². The zero-order chi connectivity index (χ0) is 49.3. The molecule has 0 aliphatic heterocycles. The third-order valence-electron chi connectivity index (χ3n) is 14.2. The van der Waals surface area contributed by atoms with Gasteiger partial charge in [-0.2, -0.15) is 0 Å². The van der Waals surface area contributed by atoms with Crippen LogP contribution in [0.15, 0.2) is 24.3 Å². The van der Waals surface area contributed by atoms with Gasteiger partial charge in [0.25, 0.3) is 0 Å². The fourth-order valence-corrected chi connectivity index (χ4v) is 9.51. The van der Waals surface area contributed by atoms with Crippen molar-refractivity contribution in [1.29, 1.82) is 0 Å². The molecule has 0 saturated heterocycles. The van der Waals surface area contributed by atoms with E-state index >= 15 is 0 Å². The maximum atomic E-state index is 12.5. The molecule has 0 fully saturated rings. The van der Waals surface area contributed by atoms with Gasteiger partial charge in [0.05, 0.1) is 25.4 Å². The minimum Gasteiger partial charge on any atom is -0.466 e. The van der Waals surface area contributed by atoms with E-state index in [4.69, 9.17) is 4.74 Å². The van der Waals surface area contributed by atoms with Gasteiger partial charge in [-0.15, -0.1) is 0 Å². The summed E-state index contributed by atoms with van der Waals surface area (Å²) < 4.78 is 5.48. The first-order valence-corrected chi connectivity index (χ1v) is 30.6. The molecule has 0 aromatic carbocycles. The van der Waals surface area contributed by atoms with Crippen LogP contribution in [0.5, 0.6) is 0 Å². The molecule has 402 valence electrons. The number of hydrogen-bond acceptors (Lipinski definition) is 5. The van der Waals surface area contributed by atoms with Gasteiger partial charge >= 0.3 is 5.97 Å². The van der Waals surface area contributed by atoms with E-state index in [1.165, 1.54) is 244 Å². The molecule has 68 heavy (non-hydrogen) atoms. The van der Waals surface area contributed by atoms with Crippen LogP contribution in [0, 0.1) is 0 Å². The Bertz CT molecular complexity index is 1060. The van der Waals surface area contributed by atoms with Gasteiger partial charge < -0.3 is 20.3 Å². The zero-order valence-corrected chi connectivity index (χ0v) is 45.9. The van der Waals surface area contributed by atoms with Gasteiger partial charge in [0.1, 0.15) is 0 Å². The molecule has 6 heteroatoms. The van der Waals surface area contributed by atoms with E-state index in [-0.39, 0.29) is 18.5 Å². The first-order valence-electron chi connectivity index (χ1n) is 30.6. The van der Waals surface area contributed by atoms with Crippen LogP contribution in [0.4, 0.5) is 0 Å². The van der Waals surface area contributed by atoms with E-state index in [0.717, 1.165) is 57.8 Å². The van der Waals surface area contributed by atoms with Crippen LogP contribution in [0.25, 0.3) is 0 Å². The molecule has 1 amide bonds. The summed E-state index contributed by atoms with van der Waals surface area (Å²) in [6, 6.07) is -0.550. The summed E-state index contributed by atoms with van der Waals surface area (Å²) in [6.45, 7) is 4.95. The number of aliphatic hydroxyl groups is 2. The maximum Gasteiger partial charge on any atom is 0.305 e. The molecule has 0 spiro atoms. The van der Waals surface area contributed by atoms with Crippen LogP contribution in [0.3, 0.4) is 0 Å². The van der Waals surface area contributed by atoms with Crippen LogP contribution >= 0.6 is 0 Å². The van der Waals surface area contributed by atoms with Crippen molar-refractivity contribution in [2.45, 2.75) is 347 Å². The molecule has 0 rings (SSSR count). The summed E-state index contributed by atoms with van der Waals surface area (Å²) in [7, 11) is 0. The second-order valence-electron chi connectivity index (χ2n) is 21.0. The van der Waals surface area contributed by atoms with Gasteiger partial charge in [-0.1, -0.05) is 269 Å². The quantitative estimate of drug-likeness (QED) is 0.0321. The van der Waals surface area contributed by atoms with Crippen molar-refractivity contribution < 1.29 is 24.5 Å². The van der Waals surface area contributed by atoms with Crippen LogP contribution in [0.2, 0.25) is 0 Å². The predicted octanol–water partition coefficient (Wildman–Crippen LogP) is 19.0. The Morgan fingerprint density at radius 3 is 1.04 bits per heavy atom. The Hall–Kier alpha value is -1.66. The number of ether oxygens (including phenoxy) is 1. The van der Waals surface area contributed by atoms with E-state index in [9.17, 15) is 19.8 Å². The summed E-state index contributed by atoms with van der Waals surface area (Å²) in [5.41, 5.74) is 0. The topological polar surface area (TPSA) is 95.9 Å². The van der Waals surface area contributed by atoms with Crippen LogP contribution in [-0.2, 0) is 14.3 Å². The SMILES string of the molecule is CCCCCCCCC/C=C\CCCCCCCCCC(=O)OCCCCCCCC/C=C\CCCCCCCCCC(=O)NC(CO)C(O)CCCCCCCCCCCCCCCCCC. The highest BCUT2D eigenvalue weighted by atomic mass is 16.5. The van der Waals surface area contributed by atoms with E-state index in [2.05, 4.69) is 43.5 Å². The lowest BCUT2D eigenvalue weighted by Gasteiger charge is -2.22. The molecule has 6 nitrogen and oxygen atoms in total. The molecule has 0 aromatic rings. The average molecular weight is 959 g/mol. The fraction of sp³-hybridized carbons (Fsp3) is 0.903. The number of hydrogen-bond donors (Lipinski definition) is 3. The summed E-state index contributed by atoms with van der Waals surface area (Å²) in [6.07, 6.45) is 70.3. The number of carbonyl (C=O) groups is 2. The smallest absolute Gasteiger partial charge is 0.305 e. The molecule has 0 aromatic heterocycles. The van der Waals surface area contributed by atoms with E-state index < -0.39 is 12.1 Å². The number of amides is 1. The van der Waals surface area contributed by atoms with Crippen molar-refractivity contribution in [2.24, 2.45) is 0 Å². The number of esters is 1. The third-order valence-corrected chi connectivity index (χ3v) is 14.2. The lowest BCUT2D eigenvalue weighted by atomic mass is 10.0. The molecule has 0 radical (unpaired) electrons. The molecule has 3 N–H and O–H groups in total. The first kappa shape index (κ1) is 66.3. The minimum absolute atomic E-state index is 0.00420. The summed E-state index contributed by atoms with van der Waals surface area (Å²) in [5.74, 6) is -0.0494. The molecule has 0 saturated carbocycles. The van der Waals surface area contributed by atoms with E-state index in [1.807, 2.05) is 0 Å². The van der Waals surface area contributed by atoms with Crippen LogP contribution in [0.1, 0.15) is 335 Å². The Labute approximate surface area is 424 Å². The number of unbranched alkanes of at least 4 members (excludes halogenated alkanes) is 42. The number of nitrogens with one attached hydrogen (secondary N) is 1. The van der Waals surface area contributed by atoms with Gasteiger partial charge in [0.2, 0.25) is 5.91 Å². The van der Waals surface area contributed by atoms with E-state index in [0.29, 0.717) is 25.9 Å². The second kappa shape index (κ2) is 57.9. The fourth-order valence-electron chi connectivity index (χ4n) is 9.51. The highest BCUT2D eigenvalue weighted by molar-refractivity contribution is 5.76. The van der Waals surface area contributed by atoms with Gasteiger partial charge in [0.15, 0.2) is 0 Å². The second-order valence-corrected chi connectivity index (χ2v) is 21.0. The first-order chi connectivity index (χ1) is 33.5. The minimum atomic E-state index is -0.672. The molecule has 0 aliphatic carbocycles. The predicted molar refractivity (Wildman–Crippen MR) is 296 cm³/mol. The highest BCUT2D eigenvalue weighted by Crippen LogP contribution is 2.17. The number of aliphatic hydroxyl groups excluding tert-OH is 2. The van der Waals surface area contributed by atoms with Crippen LogP contribution in [-0.4, -0.2) is 47.4 Å². The standard InChI is InChI=1S/C62H119NO5/c1-3-5-7-9-11-13-15-17-19-21-24-28-32-36-40-44-48-52-56-62(67)68-57-53-49-45-41-37-33-29-25-22-23-27-31-35-39-43-47-51-55-61(66)63-59(58-64)60(65)54-50-46-42-38-34-30-26-20-18-16-14-12-10-8-6-4-2/h19,21-22,25,59-60,64-65H,3-18,20,23-24,26-58H2,1-2H3,(H,63,66)/b21-19-,25-22-. The van der Waals surface area contributed by atoms with Gasteiger partial charge in [-0.3, -0.25) is 9.59 Å². The van der Waals surface area contributed by atoms with Gasteiger partial charge in [0, 0.05) is 12.8 Å². The van der Waals surface area contributed by atoms with Gasteiger partial charge in [-0.25, -0.2) is 0 Å².